The van der Waals surface area contributed by atoms with Crippen LogP contribution in [0.1, 0.15) is 5.56 Å². The zero-order chi connectivity index (χ0) is 10.7. The number of aromatic nitrogens is 2. The SMILES string of the molecule is Nc1cnn(NCc2ccccc2)c1N. The predicted octanol–water partition coefficient (Wildman–Crippen LogP) is 0.791. The highest BCUT2D eigenvalue weighted by Gasteiger charge is 2.02. The molecule has 1 aromatic heterocycles. The van der Waals surface area contributed by atoms with Gasteiger partial charge in [0.2, 0.25) is 0 Å². The maximum absolute atomic E-state index is 5.68. The van der Waals surface area contributed by atoms with Crippen LogP contribution in [0.4, 0.5) is 11.5 Å². The summed E-state index contributed by atoms with van der Waals surface area (Å²) in [7, 11) is 0. The van der Waals surface area contributed by atoms with Gasteiger partial charge in [0.1, 0.15) is 0 Å². The van der Waals surface area contributed by atoms with E-state index in [2.05, 4.69) is 10.5 Å². The van der Waals surface area contributed by atoms with Crippen LogP contribution < -0.4 is 16.9 Å². The Morgan fingerprint density at radius 3 is 2.53 bits per heavy atom. The van der Waals surface area contributed by atoms with Crippen molar-refractivity contribution in [1.82, 2.24) is 9.89 Å². The summed E-state index contributed by atoms with van der Waals surface area (Å²) in [5.41, 5.74) is 15.9. The third-order valence-electron chi connectivity index (χ3n) is 2.11. The molecule has 0 amide bonds. The van der Waals surface area contributed by atoms with E-state index >= 15 is 0 Å². The normalized spacial score (nSPS) is 10.1. The van der Waals surface area contributed by atoms with Gasteiger partial charge >= 0.3 is 0 Å². The van der Waals surface area contributed by atoms with Crippen molar-refractivity contribution < 1.29 is 0 Å². The summed E-state index contributed by atoms with van der Waals surface area (Å²) in [4.78, 5) is 1.47. The quantitative estimate of drug-likeness (QED) is 0.688. The number of nitrogens with two attached hydrogens (primary N) is 2. The molecule has 0 fully saturated rings. The highest BCUT2D eigenvalue weighted by Crippen LogP contribution is 2.10. The molecule has 15 heavy (non-hydrogen) atoms. The van der Waals surface area contributed by atoms with E-state index in [4.69, 9.17) is 11.5 Å². The first-order chi connectivity index (χ1) is 7.27. The largest absolute Gasteiger partial charge is 0.394 e. The van der Waals surface area contributed by atoms with Gasteiger partial charge in [0.15, 0.2) is 5.82 Å². The van der Waals surface area contributed by atoms with Gasteiger partial charge in [0, 0.05) is 0 Å². The molecule has 2 aromatic rings. The van der Waals surface area contributed by atoms with Crippen molar-refractivity contribution in [3.63, 3.8) is 0 Å². The molecule has 0 unspecified atom stereocenters. The molecular weight excluding hydrogens is 190 g/mol. The Kier molecular flexibility index (Phi) is 2.45. The molecule has 0 spiro atoms. The summed E-state index contributed by atoms with van der Waals surface area (Å²) in [6.07, 6.45) is 1.52. The number of anilines is 2. The van der Waals surface area contributed by atoms with Crippen LogP contribution in [0.15, 0.2) is 36.5 Å². The van der Waals surface area contributed by atoms with Crippen LogP contribution in [-0.4, -0.2) is 9.89 Å². The van der Waals surface area contributed by atoms with Crippen molar-refractivity contribution in [3.8, 4) is 0 Å². The van der Waals surface area contributed by atoms with Gasteiger partial charge in [0.05, 0.1) is 18.4 Å². The molecule has 5 nitrogen and oxygen atoms in total. The van der Waals surface area contributed by atoms with Crippen LogP contribution in [0.3, 0.4) is 0 Å². The van der Waals surface area contributed by atoms with Gasteiger partial charge < -0.3 is 16.9 Å². The first kappa shape index (κ1) is 9.39. The van der Waals surface area contributed by atoms with Gasteiger partial charge in [0.25, 0.3) is 0 Å². The predicted molar refractivity (Wildman–Crippen MR) is 60.6 cm³/mol. The molecule has 1 heterocycles. The fourth-order valence-corrected chi connectivity index (χ4v) is 1.26. The van der Waals surface area contributed by atoms with Gasteiger partial charge in [-0.25, -0.2) is 0 Å². The summed E-state index contributed by atoms with van der Waals surface area (Å²) < 4.78 is 0. The van der Waals surface area contributed by atoms with E-state index in [1.807, 2.05) is 30.3 Å². The van der Waals surface area contributed by atoms with Crippen LogP contribution in [0.5, 0.6) is 0 Å². The fourth-order valence-electron chi connectivity index (χ4n) is 1.26. The highest BCUT2D eigenvalue weighted by molar-refractivity contribution is 5.57. The van der Waals surface area contributed by atoms with E-state index in [1.54, 1.807) is 0 Å². The molecule has 2 rings (SSSR count). The first-order valence-electron chi connectivity index (χ1n) is 4.64. The molecule has 1 aromatic carbocycles. The molecule has 0 saturated heterocycles. The molecule has 5 heteroatoms. The van der Waals surface area contributed by atoms with E-state index in [9.17, 15) is 0 Å². The third kappa shape index (κ3) is 2.01. The van der Waals surface area contributed by atoms with Crippen LogP contribution in [0.25, 0.3) is 0 Å². The molecule has 0 aliphatic heterocycles. The summed E-state index contributed by atoms with van der Waals surface area (Å²) >= 11 is 0. The molecule has 0 radical (unpaired) electrons. The maximum Gasteiger partial charge on any atom is 0.168 e. The average Bonchev–Trinajstić information content (AvgIpc) is 2.59. The average molecular weight is 203 g/mol. The molecule has 0 aliphatic carbocycles. The number of nitrogen functional groups attached to an aromatic ring is 2. The molecule has 0 aliphatic rings. The Hall–Kier alpha value is -2.17. The minimum Gasteiger partial charge on any atom is -0.394 e. The highest BCUT2D eigenvalue weighted by atomic mass is 15.6. The third-order valence-corrected chi connectivity index (χ3v) is 2.11. The summed E-state index contributed by atoms with van der Waals surface area (Å²) in [6.45, 7) is 0.659. The van der Waals surface area contributed by atoms with Crippen LogP contribution in [-0.2, 0) is 6.54 Å². The molecule has 78 valence electrons. The second kappa shape index (κ2) is 3.91. The molecule has 0 saturated carbocycles. The van der Waals surface area contributed by atoms with E-state index in [0.29, 0.717) is 18.1 Å². The summed E-state index contributed by atoms with van der Waals surface area (Å²) in [6, 6.07) is 9.99. The standard InChI is InChI=1S/C10H13N5/c11-9-7-14-15(10(9)12)13-6-8-4-2-1-3-5-8/h1-5,7,13H,6,11-12H2. The van der Waals surface area contributed by atoms with Gasteiger partial charge in [-0.1, -0.05) is 30.3 Å². The maximum atomic E-state index is 5.68. The number of benzene rings is 1. The fraction of sp³-hybridized carbons (Fsp3) is 0.100. The van der Waals surface area contributed by atoms with Crippen LogP contribution >= 0.6 is 0 Å². The number of nitrogens with one attached hydrogen (secondary N) is 1. The van der Waals surface area contributed by atoms with Crippen molar-refractivity contribution in [2.24, 2.45) is 0 Å². The Morgan fingerprint density at radius 2 is 1.93 bits per heavy atom. The van der Waals surface area contributed by atoms with Gasteiger partial charge in [-0.3, -0.25) is 0 Å². The molecular formula is C10H13N5. The van der Waals surface area contributed by atoms with Crippen molar-refractivity contribution in [1.29, 1.82) is 0 Å². The number of rotatable bonds is 3. The second-order valence-corrected chi connectivity index (χ2v) is 3.22. The second-order valence-electron chi connectivity index (χ2n) is 3.22. The zero-order valence-electron chi connectivity index (χ0n) is 8.22. The zero-order valence-corrected chi connectivity index (χ0v) is 8.22. The lowest BCUT2D eigenvalue weighted by Gasteiger charge is -2.07. The monoisotopic (exact) mass is 203 g/mol. The van der Waals surface area contributed by atoms with Crippen molar-refractivity contribution in [3.05, 3.63) is 42.1 Å². The number of hydrogen-bond donors (Lipinski definition) is 3. The van der Waals surface area contributed by atoms with Crippen molar-refractivity contribution >= 4 is 11.5 Å². The Balaban J connectivity index is 2.02. The number of hydrogen-bond acceptors (Lipinski definition) is 4. The van der Waals surface area contributed by atoms with E-state index < -0.39 is 0 Å². The minimum atomic E-state index is 0.436. The van der Waals surface area contributed by atoms with Gasteiger partial charge in [-0.05, 0) is 5.56 Å². The topological polar surface area (TPSA) is 81.9 Å². The van der Waals surface area contributed by atoms with Crippen molar-refractivity contribution in [2.75, 3.05) is 16.9 Å². The van der Waals surface area contributed by atoms with Gasteiger partial charge in [-0.2, -0.15) is 9.89 Å². The Labute approximate surface area is 87.7 Å². The molecule has 0 atom stereocenters. The lowest BCUT2D eigenvalue weighted by atomic mass is 10.2. The van der Waals surface area contributed by atoms with Crippen LogP contribution in [0.2, 0.25) is 0 Å². The Morgan fingerprint density at radius 1 is 1.20 bits per heavy atom. The lowest BCUT2D eigenvalue weighted by molar-refractivity contribution is 0.741. The van der Waals surface area contributed by atoms with Gasteiger partial charge in [-0.15, -0.1) is 0 Å². The smallest absolute Gasteiger partial charge is 0.168 e. The van der Waals surface area contributed by atoms with E-state index in [-0.39, 0.29) is 0 Å². The summed E-state index contributed by atoms with van der Waals surface area (Å²) in [5.74, 6) is 0.436. The van der Waals surface area contributed by atoms with Crippen molar-refractivity contribution in [2.45, 2.75) is 6.54 Å². The van der Waals surface area contributed by atoms with E-state index in [1.165, 1.54) is 11.0 Å². The first-order valence-corrected chi connectivity index (χ1v) is 4.64. The lowest BCUT2D eigenvalue weighted by Crippen LogP contribution is -2.18. The number of nitrogens with zero attached hydrogens (tertiary/aromatic N) is 2. The minimum absolute atomic E-state index is 0.436. The van der Waals surface area contributed by atoms with Crippen LogP contribution in [0, 0.1) is 0 Å². The molecule has 0 bridgehead atoms. The van der Waals surface area contributed by atoms with E-state index in [0.717, 1.165) is 5.56 Å². The Bertz CT molecular complexity index is 434. The summed E-state index contributed by atoms with van der Waals surface area (Å²) in [5, 5.41) is 3.99. The molecule has 5 N–H and O–H groups in total.